The molecule has 0 atom stereocenters. The van der Waals surface area contributed by atoms with Gasteiger partial charge in [-0.05, 0) is 43.4 Å². The van der Waals surface area contributed by atoms with Crippen LogP contribution >= 0.6 is 0 Å². The van der Waals surface area contributed by atoms with Crippen LogP contribution in [0.15, 0.2) is 18.2 Å². The molecule has 0 saturated heterocycles. The molecule has 0 saturated carbocycles. The highest BCUT2D eigenvalue weighted by Crippen LogP contribution is 2.22. The van der Waals surface area contributed by atoms with Crippen molar-refractivity contribution in [2.75, 3.05) is 6.54 Å². The predicted octanol–water partition coefficient (Wildman–Crippen LogP) is 2.58. The second kappa shape index (κ2) is 7.73. The minimum Gasteiger partial charge on any atom is -0.481 e. The zero-order valence-electron chi connectivity index (χ0n) is 12.6. The number of benzene rings is 1. The molecule has 5 nitrogen and oxygen atoms in total. The van der Waals surface area contributed by atoms with Crippen LogP contribution in [0, 0.1) is 0 Å². The monoisotopic (exact) mass is 303 g/mol. The summed E-state index contributed by atoms with van der Waals surface area (Å²) in [4.78, 5) is 34.2. The van der Waals surface area contributed by atoms with Crippen molar-refractivity contribution in [2.45, 2.75) is 44.9 Å². The van der Waals surface area contributed by atoms with E-state index >= 15 is 0 Å². The van der Waals surface area contributed by atoms with Crippen LogP contribution in [-0.4, -0.2) is 29.3 Å². The van der Waals surface area contributed by atoms with Gasteiger partial charge in [0.2, 0.25) is 0 Å². The molecule has 118 valence electrons. The number of nitrogens with one attached hydrogen (secondary N) is 1. The SMILES string of the molecule is O=C(O)CCCCCNC(=O)c1ccc2c(c1)CCCC2=O. The van der Waals surface area contributed by atoms with E-state index in [1.807, 2.05) is 6.07 Å². The van der Waals surface area contributed by atoms with Gasteiger partial charge in [-0.25, -0.2) is 0 Å². The molecule has 0 bridgehead atoms. The number of carbonyl (C=O) groups is 3. The average Bonchev–Trinajstić information content (AvgIpc) is 2.50. The zero-order chi connectivity index (χ0) is 15.9. The third kappa shape index (κ3) is 4.41. The summed E-state index contributed by atoms with van der Waals surface area (Å²) in [6.45, 7) is 0.536. The number of fused-ring (bicyclic) bond motifs is 1. The molecule has 0 spiro atoms. The first-order valence-electron chi connectivity index (χ1n) is 7.74. The normalized spacial score (nSPS) is 13.5. The Hall–Kier alpha value is -2.17. The van der Waals surface area contributed by atoms with Gasteiger partial charge in [0.05, 0.1) is 0 Å². The average molecular weight is 303 g/mol. The molecule has 2 rings (SSSR count). The van der Waals surface area contributed by atoms with Crippen LogP contribution in [0.3, 0.4) is 0 Å². The van der Waals surface area contributed by atoms with Crippen molar-refractivity contribution in [3.8, 4) is 0 Å². The van der Waals surface area contributed by atoms with Gasteiger partial charge < -0.3 is 10.4 Å². The summed E-state index contributed by atoms with van der Waals surface area (Å²) in [6, 6.07) is 5.26. The van der Waals surface area contributed by atoms with Crippen LogP contribution in [0.25, 0.3) is 0 Å². The summed E-state index contributed by atoms with van der Waals surface area (Å²) >= 11 is 0. The van der Waals surface area contributed by atoms with E-state index in [0.717, 1.165) is 36.8 Å². The maximum atomic E-state index is 12.1. The van der Waals surface area contributed by atoms with Crippen LogP contribution < -0.4 is 5.32 Å². The van der Waals surface area contributed by atoms with Gasteiger partial charge in [-0.1, -0.05) is 12.5 Å². The molecule has 0 aromatic heterocycles. The number of hydrogen-bond donors (Lipinski definition) is 2. The van der Waals surface area contributed by atoms with Crippen molar-refractivity contribution >= 4 is 17.7 Å². The summed E-state index contributed by atoms with van der Waals surface area (Å²) in [5, 5.41) is 11.4. The summed E-state index contributed by atoms with van der Waals surface area (Å²) in [7, 11) is 0. The first-order valence-corrected chi connectivity index (χ1v) is 7.74. The molecule has 0 aliphatic heterocycles. The summed E-state index contributed by atoms with van der Waals surface area (Å²) in [5.41, 5.74) is 2.29. The minimum absolute atomic E-state index is 0.140. The Morgan fingerprint density at radius 3 is 2.73 bits per heavy atom. The molecular weight excluding hydrogens is 282 g/mol. The lowest BCUT2D eigenvalue weighted by molar-refractivity contribution is -0.137. The smallest absolute Gasteiger partial charge is 0.303 e. The number of rotatable bonds is 7. The lowest BCUT2D eigenvalue weighted by atomic mass is 9.89. The van der Waals surface area contributed by atoms with Gasteiger partial charge in [0, 0.05) is 30.5 Å². The summed E-state index contributed by atoms with van der Waals surface area (Å²) in [5.74, 6) is -0.765. The van der Waals surface area contributed by atoms with E-state index in [1.54, 1.807) is 12.1 Å². The highest BCUT2D eigenvalue weighted by Gasteiger charge is 2.18. The lowest BCUT2D eigenvalue weighted by Crippen LogP contribution is -2.25. The maximum Gasteiger partial charge on any atom is 0.303 e. The standard InChI is InChI=1S/C17H21NO4/c19-15-6-4-5-12-11-13(8-9-14(12)15)17(22)18-10-3-1-2-7-16(20)21/h8-9,11H,1-7,10H2,(H,18,22)(H,20,21). The molecule has 5 heteroatoms. The van der Waals surface area contributed by atoms with Crippen molar-refractivity contribution in [2.24, 2.45) is 0 Å². The quantitative estimate of drug-likeness (QED) is 0.758. The Bertz CT molecular complexity index is 580. The van der Waals surface area contributed by atoms with E-state index in [-0.39, 0.29) is 18.1 Å². The summed E-state index contributed by atoms with van der Waals surface area (Å²) < 4.78 is 0. The molecule has 1 aliphatic carbocycles. The fraction of sp³-hybridized carbons (Fsp3) is 0.471. The Morgan fingerprint density at radius 2 is 1.95 bits per heavy atom. The number of carbonyl (C=O) groups excluding carboxylic acids is 2. The fourth-order valence-corrected chi connectivity index (χ4v) is 2.67. The third-order valence-electron chi connectivity index (χ3n) is 3.87. The van der Waals surface area contributed by atoms with Gasteiger partial charge in [0.15, 0.2) is 5.78 Å². The number of aliphatic carboxylic acids is 1. The highest BCUT2D eigenvalue weighted by atomic mass is 16.4. The number of hydrogen-bond acceptors (Lipinski definition) is 3. The van der Waals surface area contributed by atoms with Crippen molar-refractivity contribution in [1.29, 1.82) is 0 Å². The van der Waals surface area contributed by atoms with E-state index in [4.69, 9.17) is 5.11 Å². The van der Waals surface area contributed by atoms with E-state index in [0.29, 0.717) is 24.9 Å². The molecule has 1 amide bonds. The largest absolute Gasteiger partial charge is 0.481 e. The molecule has 1 aromatic rings. The van der Waals surface area contributed by atoms with Crippen molar-refractivity contribution < 1.29 is 19.5 Å². The number of Topliss-reactive ketones (excluding diaryl/α,β-unsaturated/α-hetero) is 1. The third-order valence-corrected chi connectivity index (χ3v) is 3.87. The van der Waals surface area contributed by atoms with Crippen LogP contribution in [-0.2, 0) is 11.2 Å². The molecule has 1 aliphatic rings. The van der Waals surface area contributed by atoms with Crippen LogP contribution in [0.4, 0.5) is 0 Å². The Morgan fingerprint density at radius 1 is 1.14 bits per heavy atom. The Balaban J connectivity index is 1.80. The second-order valence-corrected chi connectivity index (χ2v) is 5.61. The van der Waals surface area contributed by atoms with E-state index in [2.05, 4.69) is 5.32 Å². The minimum atomic E-state index is -0.785. The number of unbranched alkanes of at least 4 members (excludes halogenated alkanes) is 2. The van der Waals surface area contributed by atoms with Crippen LogP contribution in [0.5, 0.6) is 0 Å². The second-order valence-electron chi connectivity index (χ2n) is 5.61. The van der Waals surface area contributed by atoms with Crippen molar-refractivity contribution in [3.63, 3.8) is 0 Å². The zero-order valence-corrected chi connectivity index (χ0v) is 12.6. The lowest BCUT2D eigenvalue weighted by Gasteiger charge is -2.15. The maximum absolute atomic E-state index is 12.1. The number of ketones is 1. The van der Waals surface area contributed by atoms with E-state index in [1.165, 1.54) is 0 Å². The van der Waals surface area contributed by atoms with Gasteiger partial charge in [-0.2, -0.15) is 0 Å². The van der Waals surface area contributed by atoms with E-state index < -0.39 is 5.97 Å². The molecule has 0 radical (unpaired) electrons. The topological polar surface area (TPSA) is 83.5 Å². The van der Waals surface area contributed by atoms with Gasteiger partial charge >= 0.3 is 5.97 Å². The number of amides is 1. The molecule has 0 heterocycles. The van der Waals surface area contributed by atoms with Gasteiger partial charge in [-0.15, -0.1) is 0 Å². The van der Waals surface area contributed by atoms with Gasteiger partial charge in [0.1, 0.15) is 0 Å². The van der Waals surface area contributed by atoms with Crippen LogP contribution in [0.1, 0.15) is 64.8 Å². The molecule has 2 N–H and O–H groups in total. The highest BCUT2D eigenvalue weighted by molar-refractivity contribution is 6.00. The molecule has 1 aromatic carbocycles. The van der Waals surface area contributed by atoms with Crippen LogP contribution in [0.2, 0.25) is 0 Å². The first-order chi connectivity index (χ1) is 10.6. The molecule has 22 heavy (non-hydrogen) atoms. The Kier molecular flexibility index (Phi) is 5.69. The van der Waals surface area contributed by atoms with Gasteiger partial charge in [-0.3, -0.25) is 14.4 Å². The number of aryl methyl sites for hydroxylation is 1. The predicted molar refractivity (Wildman–Crippen MR) is 82.1 cm³/mol. The van der Waals surface area contributed by atoms with Crippen molar-refractivity contribution in [1.82, 2.24) is 5.32 Å². The number of carboxylic acids is 1. The molecule has 0 fully saturated rings. The van der Waals surface area contributed by atoms with Crippen molar-refractivity contribution in [3.05, 3.63) is 34.9 Å². The molecule has 0 unspecified atom stereocenters. The number of carboxylic acid groups (broad SMARTS) is 1. The van der Waals surface area contributed by atoms with Gasteiger partial charge in [0.25, 0.3) is 5.91 Å². The fourth-order valence-electron chi connectivity index (χ4n) is 2.67. The van der Waals surface area contributed by atoms with E-state index in [9.17, 15) is 14.4 Å². The first kappa shape index (κ1) is 16.2. The molecular formula is C17H21NO4. The Labute approximate surface area is 129 Å². The summed E-state index contributed by atoms with van der Waals surface area (Å²) in [6.07, 6.45) is 4.64.